The van der Waals surface area contributed by atoms with Gasteiger partial charge in [-0.3, -0.25) is 0 Å². The van der Waals surface area contributed by atoms with Gasteiger partial charge in [0, 0.05) is 7.11 Å². The van der Waals surface area contributed by atoms with Crippen molar-refractivity contribution < 1.29 is 4.74 Å². The van der Waals surface area contributed by atoms with Gasteiger partial charge in [-0.2, -0.15) is 0 Å². The number of hydrogen-bond donors (Lipinski definition) is 0. The lowest BCUT2D eigenvalue weighted by Crippen LogP contribution is -2.49. The Bertz CT molecular complexity index is 128. The average molecular weight is 170 g/mol. The van der Waals surface area contributed by atoms with Gasteiger partial charge in [0.1, 0.15) is 0 Å². The van der Waals surface area contributed by atoms with E-state index in [-0.39, 0.29) is 0 Å². The zero-order chi connectivity index (χ0) is 9.19. The second kappa shape index (κ2) is 3.78. The maximum atomic E-state index is 5.25. The molecular weight excluding hydrogens is 148 g/mol. The van der Waals surface area contributed by atoms with E-state index in [0.29, 0.717) is 6.10 Å². The van der Waals surface area contributed by atoms with E-state index < -0.39 is 0 Å². The van der Waals surface area contributed by atoms with Crippen LogP contribution in [0.1, 0.15) is 46.5 Å². The summed E-state index contributed by atoms with van der Waals surface area (Å²) in [5.74, 6) is 0.998. The van der Waals surface area contributed by atoms with Gasteiger partial charge in [-0.1, -0.05) is 20.8 Å². The van der Waals surface area contributed by atoms with Gasteiger partial charge < -0.3 is 4.74 Å². The molecule has 0 N–H and O–H groups in total. The molecule has 2 saturated carbocycles. The summed E-state index contributed by atoms with van der Waals surface area (Å²) in [5, 5.41) is 0. The molecule has 1 heteroatoms. The molecule has 0 heterocycles. The van der Waals surface area contributed by atoms with Gasteiger partial charge in [0.15, 0.2) is 0 Å². The molecule has 2 aliphatic carbocycles. The van der Waals surface area contributed by atoms with Crippen LogP contribution in [0.2, 0.25) is 0 Å². The lowest BCUT2D eigenvalue weighted by molar-refractivity contribution is -0.122. The fourth-order valence-electron chi connectivity index (χ4n) is 2.82. The summed E-state index contributed by atoms with van der Waals surface area (Å²) in [6.07, 6.45) is 6.22. The molecule has 0 bridgehead atoms. The molecule has 2 rings (SSSR count). The first kappa shape index (κ1) is 10.0. The van der Waals surface area contributed by atoms with E-state index in [2.05, 4.69) is 6.92 Å². The maximum Gasteiger partial charge on any atom is 0.0582 e. The quantitative estimate of drug-likeness (QED) is 0.587. The normalized spacial score (nSPS) is 44.0. The maximum absolute atomic E-state index is 5.25. The van der Waals surface area contributed by atoms with Crippen molar-refractivity contribution in [2.45, 2.75) is 52.6 Å². The zero-order valence-electron chi connectivity index (χ0n) is 8.89. The van der Waals surface area contributed by atoms with Crippen molar-refractivity contribution in [3.05, 3.63) is 0 Å². The molecule has 0 aliphatic heterocycles. The molecule has 1 nitrogen and oxygen atoms in total. The molecule has 0 aromatic carbocycles. The predicted octanol–water partition coefficient (Wildman–Crippen LogP) is 3.24. The van der Waals surface area contributed by atoms with E-state index in [1.54, 1.807) is 0 Å². The summed E-state index contributed by atoms with van der Waals surface area (Å²) in [7, 11) is 1.83. The van der Waals surface area contributed by atoms with Crippen LogP contribution in [0.5, 0.6) is 0 Å². The van der Waals surface area contributed by atoms with Crippen LogP contribution in [0.4, 0.5) is 0 Å². The molecule has 0 unspecified atom stereocenters. The molecule has 0 atom stereocenters. The molecule has 0 aromatic rings. The predicted molar refractivity (Wildman–Crippen MR) is 52.2 cm³/mol. The van der Waals surface area contributed by atoms with Gasteiger partial charge in [0.2, 0.25) is 0 Å². The Kier molecular flexibility index (Phi) is 3.16. The lowest BCUT2D eigenvalue weighted by atomic mass is 9.51. The van der Waals surface area contributed by atoms with Crippen LogP contribution in [0.15, 0.2) is 0 Å². The summed E-state index contributed by atoms with van der Waals surface area (Å²) in [5.41, 5.74) is 0.764. The molecule has 72 valence electrons. The molecule has 1 spiro atoms. The number of ether oxygens (including phenoxy) is 1. The second-order valence-electron chi connectivity index (χ2n) is 4.28. The highest BCUT2D eigenvalue weighted by atomic mass is 16.5. The van der Waals surface area contributed by atoms with E-state index in [1.807, 2.05) is 21.0 Å². The fourth-order valence-corrected chi connectivity index (χ4v) is 2.82. The highest BCUT2D eigenvalue weighted by Gasteiger charge is 2.51. The average Bonchev–Trinajstić information content (AvgIpc) is 1.98. The Morgan fingerprint density at radius 1 is 1.08 bits per heavy atom. The van der Waals surface area contributed by atoms with Gasteiger partial charge in [0.05, 0.1) is 6.10 Å². The van der Waals surface area contributed by atoms with Crippen molar-refractivity contribution >= 4 is 0 Å². The Labute approximate surface area is 76.5 Å². The third-order valence-corrected chi connectivity index (χ3v) is 3.22. The molecule has 2 aliphatic rings. The van der Waals surface area contributed by atoms with Crippen molar-refractivity contribution in [3.8, 4) is 0 Å². The van der Waals surface area contributed by atoms with Crippen molar-refractivity contribution in [2.24, 2.45) is 11.3 Å². The molecule has 12 heavy (non-hydrogen) atoms. The van der Waals surface area contributed by atoms with Gasteiger partial charge >= 0.3 is 0 Å². The largest absolute Gasteiger partial charge is 0.381 e. The molecule has 0 amide bonds. The SMILES string of the molecule is CC.COC1CC2(CC(C)C2)C1. The third-order valence-electron chi connectivity index (χ3n) is 3.22. The van der Waals surface area contributed by atoms with Crippen LogP contribution in [0.3, 0.4) is 0 Å². The Hall–Kier alpha value is -0.0400. The van der Waals surface area contributed by atoms with Crippen LogP contribution in [-0.4, -0.2) is 13.2 Å². The summed E-state index contributed by atoms with van der Waals surface area (Å²) in [6, 6.07) is 0. The molecule has 0 radical (unpaired) electrons. The molecular formula is C11H22O. The van der Waals surface area contributed by atoms with E-state index >= 15 is 0 Å². The first-order valence-corrected chi connectivity index (χ1v) is 5.27. The number of methoxy groups -OCH3 is 1. The van der Waals surface area contributed by atoms with Crippen LogP contribution < -0.4 is 0 Å². The first-order valence-electron chi connectivity index (χ1n) is 5.27. The summed E-state index contributed by atoms with van der Waals surface area (Å²) in [6.45, 7) is 6.35. The van der Waals surface area contributed by atoms with Crippen LogP contribution >= 0.6 is 0 Å². The summed E-state index contributed by atoms with van der Waals surface area (Å²) >= 11 is 0. The minimum atomic E-state index is 0.604. The monoisotopic (exact) mass is 170 g/mol. The van der Waals surface area contributed by atoms with Gasteiger partial charge in [0.25, 0.3) is 0 Å². The van der Waals surface area contributed by atoms with Crippen LogP contribution in [0.25, 0.3) is 0 Å². The summed E-state index contributed by atoms with van der Waals surface area (Å²) in [4.78, 5) is 0. The Balaban J connectivity index is 0.000000336. The van der Waals surface area contributed by atoms with Gasteiger partial charge in [-0.05, 0) is 37.0 Å². The van der Waals surface area contributed by atoms with Gasteiger partial charge in [-0.25, -0.2) is 0 Å². The van der Waals surface area contributed by atoms with Crippen molar-refractivity contribution in [1.29, 1.82) is 0 Å². The number of rotatable bonds is 1. The smallest absolute Gasteiger partial charge is 0.0582 e. The zero-order valence-corrected chi connectivity index (χ0v) is 8.89. The highest BCUT2D eigenvalue weighted by Crippen LogP contribution is 2.59. The van der Waals surface area contributed by atoms with Crippen molar-refractivity contribution in [3.63, 3.8) is 0 Å². The van der Waals surface area contributed by atoms with Crippen LogP contribution in [-0.2, 0) is 4.74 Å². The van der Waals surface area contributed by atoms with Gasteiger partial charge in [-0.15, -0.1) is 0 Å². The van der Waals surface area contributed by atoms with E-state index in [1.165, 1.54) is 25.7 Å². The summed E-state index contributed by atoms with van der Waals surface area (Å²) < 4.78 is 5.25. The molecule has 2 fully saturated rings. The molecule has 0 saturated heterocycles. The minimum absolute atomic E-state index is 0.604. The topological polar surface area (TPSA) is 9.23 Å². The first-order chi connectivity index (χ1) is 5.74. The minimum Gasteiger partial charge on any atom is -0.381 e. The van der Waals surface area contributed by atoms with Crippen molar-refractivity contribution in [2.75, 3.05) is 7.11 Å². The van der Waals surface area contributed by atoms with E-state index in [4.69, 9.17) is 4.74 Å². The standard InChI is InChI=1S/C9H16O.C2H6/c1-7-3-9(4-7)5-8(6-9)10-2;1-2/h7-8H,3-6H2,1-2H3;1-2H3. The van der Waals surface area contributed by atoms with Crippen LogP contribution in [0, 0.1) is 11.3 Å². The number of hydrogen-bond acceptors (Lipinski definition) is 1. The second-order valence-corrected chi connectivity index (χ2v) is 4.28. The van der Waals surface area contributed by atoms with Crippen molar-refractivity contribution in [1.82, 2.24) is 0 Å². The highest BCUT2D eigenvalue weighted by molar-refractivity contribution is 5.02. The Morgan fingerprint density at radius 2 is 1.58 bits per heavy atom. The lowest BCUT2D eigenvalue weighted by Gasteiger charge is -2.56. The van der Waals surface area contributed by atoms with E-state index in [0.717, 1.165) is 11.3 Å². The van der Waals surface area contributed by atoms with E-state index in [9.17, 15) is 0 Å². The third kappa shape index (κ3) is 1.66. The fraction of sp³-hybridized carbons (Fsp3) is 1.00. The molecule has 0 aromatic heterocycles. The Morgan fingerprint density at radius 3 is 1.92 bits per heavy atom.